The molecule has 9 heteroatoms. The van der Waals surface area contributed by atoms with E-state index < -0.39 is 0 Å². The summed E-state index contributed by atoms with van der Waals surface area (Å²) in [6.07, 6.45) is 3.30. The third-order valence-corrected chi connectivity index (χ3v) is 4.14. The Morgan fingerprint density at radius 2 is 1.91 bits per heavy atom. The summed E-state index contributed by atoms with van der Waals surface area (Å²) in [5.41, 5.74) is 0.378. The molecule has 0 unspecified atom stereocenters. The van der Waals surface area contributed by atoms with Crippen molar-refractivity contribution < 1.29 is 4.74 Å². The Balaban J connectivity index is 1.73. The van der Waals surface area contributed by atoms with Crippen molar-refractivity contribution in [1.29, 1.82) is 0 Å². The highest BCUT2D eigenvalue weighted by Gasteiger charge is 2.22. The van der Waals surface area contributed by atoms with Gasteiger partial charge in [0.25, 0.3) is 5.56 Å². The lowest BCUT2D eigenvalue weighted by Gasteiger charge is -2.36. The molecule has 0 atom stereocenters. The van der Waals surface area contributed by atoms with Crippen LogP contribution in [0.4, 0.5) is 11.6 Å². The Kier molecular flexibility index (Phi) is 4.33. The van der Waals surface area contributed by atoms with Gasteiger partial charge in [-0.3, -0.25) is 4.79 Å². The van der Waals surface area contributed by atoms with Crippen LogP contribution in [0.2, 0.25) is 5.02 Å². The number of nitrogens with zero attached hydrogens (tertiary/aromatic N) is 6. The van der Waals surface area contributed by atoms with Crippen LogP contribution in [0.25, 0.3) is 0 Å². The summed E-state index contributed by atoms with van der Waals surface area (Å²) in [6, 6.07) is 1.71. The first-order valence-corrected chi connectivity index (χ1v) is 7.56. The smallest absolute Gasteiger partial charge is 0.287 e. The van der Waals surface area contributed by atoms with Crippen molar-refractivity contribution in [3.8, 4) is 5.88 Å². The molecule has 0 spiro atoms. The molecule has 3 heterocycles. The Labute approximate surface area is 138 Å². The van der Waals surface area contributed by atoms with Gasteiger partial charge < -0.3 is 14.5 Å². The number of hydrogen-bond donors (Lipinski definition) is 0. The summed E-state index contributed by atoms with van der Waals surface area (Å²) in [4.78, 5) is 24.6. The van der Waals surface area contributed by atoms with Crippen LogP contribution in [-0.4, -0.2) is 53.0 Å². The lowest BCUT2D eigenvalue weighted by Crippen LogP contribution is -2.47. The predicted octanol–water partition coefficient (Wildman–Crippen LogP) is 0.559. The number of anilines is 2. The molecule has 122 valence electrons. The quantitative estimate of drug-likeness (QED) is 0.810. The van der Waals surface area contributed by atoms with Crippen LogP contribution in [-0.2, 0) is 7.05 Å². The van der Waals surface area contributed by atoms with E-state index in [1.807, 2.05) is 4.90 Å². The summed E-state index contributed by atoms with van der Waals surface area (Å²) in [5.74, 6) is 1.17. The Bertz CT molecular complexity index is 757. The Hall–Kier alpha value is -2.35. The van der Waals surface area contributed by atoms with Crippen molar-refractivity contribution >= 4 is 23.2 Å². The standard InChI is InChI=1S/C14H17ClN6O2/c1-19-13(22)12(15)10(9-17-19)20-5-7-21(8-6-20)14-16-4-3-11(18-14)23-2/h3-4,9H,5-8H2,1-2H3. The van der Waals surface area contributed by atoms with E-state index in [9.17, 15) is 4.79 Å². The Morgan fingerprint density at radius 1 is 1.22 bits per heavy atom. The molecule has 23 heavy (non-hydrogen) atoms. The zero-order chi connectivity index (χ0) is 16.4. The molecule has 3 rings (SSSR count). The van der Waals surface area contributed by atoms with Gasteiger partial charge >= 0.3 is 0 Å². The van der Waals surface area contributed by atoms with Gasteiger partial charge in [0, 0.05) is 45.5 Å². The van der Waals surface area contributed by atoms with Gasteiger partial charge in [-0.15, -0.1) is 0 Å². The van der Waals surface area contributed by atoms with Crippen molar-refractivity contribution in [3.05, 3.63) is 33.8 Å². The van der Waals surface area contributed by atoms with E-state index in [2.05, 4.69) is 20.0 Å². The molecule has 1 aliphatic heterocycles. The summed E-state index contributed by atoms with van der Waals surface area (Å²) in [6.45, 7) is 2.85. The van der Waals surface area contributed by atoms with Gasteiger partial charge in [-0.05, 0) is 0 Å². The molecular formula is C14H17ClN6O2. The van der Waals surface area contributed by atoms with E-state index in [1.54, 1.807) is 32.6 Å². The van der Waals surface area contributed by atoms with Crippen LogP contribution in [0.1, 0.15) is 0 Å². The van der Waals surface area contributed by atoms with E-state index in [0.717, 1.165) is 13.1 Å². The van der Waals surface area contributed by atoms with Gasteiger partial charge in [-0.1, -0.05) is 11.6 Å². The molecule has 0 amide bonds. The van der Waals surface area contributed by atoms with Crippen LogP contribution in [0.5, 0.6) is 5.88 Å². The number of aromatic nitrogens is 4. The van der Waals surface area contributed by atoms with Crippen LogP contribution >= 0.6 is 11.6 Å². The number of rotatable bonds is 3. The SMILES string of the molecule is COc1ccnc(N2CCN(c3cnn(C)c(=O)c3Cl)CC2)n1. The van der Waals surface area contributed by atoms with Crippen LogP contribution < -0.4 is 20.1 Å². The highest BCUT2D eigenvalue weighted by atomic mass is 35.5. The van der Waals surface area contributed by atoms with Gasteiger partial charge in [-0.2, -0.15) is 10.1 Å². The Morgan fingerprint density at radius 3 is 2.61 bits per heavy atom. The van der Waals surface area contributed by atoms with Gasteiger partial charge in [0.15, 0.2) is 0 Å². The molecule has 0 aliphatic carbocycles. The maximum absolute atomic E-state index is 11.9. The zero-order valence-corrected chi connectivity index (χ0v) is 13.7. The highest BCUT2D eigenvalue weighted by Crippen LogP contribution is 2.23. The van der Waals surface area contributed by atoms with Crippen molar-refractivity contribution in [2.45, 2.75) is 0 Å². The highest BCUT2D eigenvalue weighted by molar-refractivity contribution is 6.33. The van der Waals surface area contributed by atoms with E-state index in [1.165, 1.54) is 4.68 Å². The first-order chi connectivity index (χ1) is 11.1. The molecule has 0 saturated carbocycles. The summed E-state index contributed by atoms with van der Waals surface area (Å²) in [7, 11) is 3.16. The van der Waals surface area contributed by atoms with Gasteiger partial charge in [0.05, 0.1) is 19.0 Å². The monoisotopic (exact) mass is 336 g/mol. The molecule has 0 N–H and O–H groups in total. The van der Waals surface area contributed by atoms with Gasteiger partial charge in [-0.25, -0.2) is 9.67 Å². The maximum Gasteiger partial charge on any atom is 0.287 e. The minimum Gasteiger partial charge on any atom is -0.481 e. The van der Waals surface area contributed by atoms with E-state index in [-0.39, 0.29) is 10.6 Å². The minimum atomic E-state index is -0.289. The number of aryl methyl sites for hydroxylation is 1. The van der Waals surface area contributed by atoms with Gasteiger partial charge in [0.1, 0.15) is 5.02 Å². The third kappa shape index (κ3) is 3.07. The molecule has 2 aromatic rings. The first kappa shape index (κ1) is 15.5. The number of piperazine rings is 1. The molecule has 0 aromatic carbocycles. The lowest BCUT2D eigenvalue weighted by molar-refractivity contribution is 0.396. The van der Waals surface area contributed by atoms with Crippen molar-refractivity contribution in [2.24, 2.45) is 7.05 Å². The fraction of sp³-hybridized carbons (Fsp3) is 0.429. The van der Waals surface area contributed by atoms with Crippen LogP contribution in [0.3, 0.4) is 0 Å². The molecule has 1 fully saturated rings. The molecule has 0 radical (unpaired) electrons. The second-order valence-corrected chi connectivity index (χ2v) is 5.52. The molecule has 2 aromatic heterocycles. The van der Waals surface area contributed by atoms with Crippen LogP contribution in [0, 0.1) is 0 Å². The van der Waals surface area contributed by atoms with Gasteiger partial charge in [0.2, 0.25) is 11.8 Å². The number of halogens is 1. The molecule has 1 aliphatic rings. The summed E-state index contributed by atoms with van der Waals surface area (Å²) in [5, 5.41) is 4.24. The van der Waals surface area contributed by atoms with Crippen LogP contribution in [0.15, 0.2) is 23.3 Å². The fourth-order valence-corrected chi connectivity index (χ4v) is 2.76. The van der Waals surface area contributed by atoms with E-state index in [0.29, 0.717) is 30.6 Å². The number of ether oxygens (including phenoxy) is 1. The number of hydrogen-bond acceptors (Lipinski definition) is 7. The number of methoxy groups -OCH3 is 1. The molecule has 8 nitrogen and oxygen atoms in total. The molecular weight excluding hydrogens is 320 g/mol. The maximum atomic E-state index is 11.9. The van der Waals surface area contributed by atoms with E-state index >= 15 is 0 Å². The second kappa shape index (κ2) is 6.41. The minimum absolute atomic E-state index is 0.202. The van der Waals surface area contributed by atoms with E-state index in [4.69, 9.17) is 16.3 Å². The predicted molar refractivity (Wildman–Crippen MR) is 87.5 cm³/mol. The molecule has 1 saturated heterocycles. The first-order valence-electron chi connectivity index (χ1n) is 7.19. The lowest BCUT2D eigenvalue weighted by atomic mass is 10.3. The molecule has 0 bridgehead atoms. The van der Waals surface area contributed by atoms with Crippen molar-refractivity contribution in [2.75, 3.05) is 43.1 Å². The fourth-order valence-electron chi connectivity index (χ4n) is 2.47. The average Bonchev–Trinajstić information content (AvgIpc) is 2.60. The zero-order valence-electron chi connectivity index (χ0n) is 12.9. The summed E-state index contributed by atoms with van der Waals surface area (Å²) < 4.78 is 6.35. The topological polar surface area (TPSA) is 76.4 Å². The van der Waals surface area contributed by atoms with Crippen molar-refractivity contribution in [1.82, 2.24) is 19.7 Å². The van der Waals surface area contributed by atoms with Crippen molar-refractivity contribution in [3.63, 3.8) is 0 Å². The largest absolute Gasteiger partial charge is 0.481 e. The normalized spacial score (nSPS) is 14.9. The second-order valence-electron chi connectivity index (χ2n) is 5.15. The average molecular weight is 337 g/mol. The summed E-state index contributed by atoms with van der Waals surface area (Å²) >= 11 is 6.15. The third-order valence-electron chi connectivity index (χ3n) is 3.79.